The van der Waals surface area contributed by atoms with Crippen molar-refractivity contribution in [3.8, 4) is 0 Å². The van der Waals surface area contributed by atoms with E-state index in [0.29, 0.717) is 5.92 Å². The molecule has 3 N–H and O–H groups in total. The van der Waals surface area contributed by atoms with E-state index in [2.05, 4.69) is 17.4 Å². The fourth-order valence-corrected chi connectivity index (χ4v) is 3.92. The molecule has 0 radical (unpaired) electrons. The third kappa shape index (κ3) is 5.16. The molecule has 1 saturated heterocycles. The van der Waals surface area contributed by atoms with E-state index in [9.17, 15) is 9.59 Å². The summed E-state index contributed by atoms with van der Waals surface area (Å²) >= 11 is 1.83. The van der Waals surface area contributed by atoms with Crippen LogP contribution in [0.4, 0.5) is 4.79 Å². The van der Waals surface area contributed by atoms with Crippen molar-refractivity contribution < 1.29 is 9.59 Å². The summed E-state index contributed by atoms with van der Waals surface area (Å²) < 4.78 is 0. The molecule has 1 heterocycles. The summed E-state index contributed by atoms with van der Waals surface area (Å²) in [5, 5.41) is 2.61. The fraction of sp³-hybridized carbons (Fsp3) is 0.556. The zero-order chi connectivity index (χ0) is 17.7. The number of nitrogens with zero attached hydrogens (tertiary/aromatic N) is 1. The molecule has 1 aliphatic rings. The minimum absolute atomic E-state index is 0.0338. The number of hydrogen-bond donors (Lipinski definition) is 2. The molecule has 132 valence electrons. The summed E-state index contributed by atoms with van der Waals surface area (Å²) in [6, 6.07) is 9.06. The first-order valence-electron chi connectivity index (χ1n) is 8.30. The molecule has 0 bridgehead atoms. The minimum Gasteiger partial charge on any atom is -0.352 e. The highest BCUT2D eigenvalue weighted by atomic mass is 32.2. The van der Waals surface area contributed by atoms with Gasteiger partial charge in [0.05, 0.1) is 0 Å². The Labute approximate surface area is 148 Å². The van der Waals surface area contributed by atoms with Crippen LogP contribution >= 0.6 is 11.8 Å². The highest BCUT2D eigenvalue weighted by Gasteiger charge is 2.37. The van der Waals surface area contributed by atoms with E-state index in [0.717, 1.165) is 25.3 Å². The molecule has 1 fully saturated rings. The second-order valence-corrected chi connectivity index (χ2v) is 8.46. The second-order valence-electron chi connectivity index (χ2n) is 7.37. The Bertz CT molecular complexity index is 571. The summed E-state index contributed by atoms with van der Waals surface area (Å²) in [5.41, 5.74) is 4.87. The van der Waals surface area contributed by atoms with Gasteiger partial charge in [0, 0.05) is 23.7 Å². The summed E-state index contributed by atoms with van der Waals surface area (Å²) in [5.74, 6) is 1.44. The number of amides is 3. The van der Waals surface area contributed by atoms with Crippen LogP contribution in [0.3, 0.4) is 0 Å². The van der Waals surface area contributed by atoms with Crippen molar-refractivity contribution in [2.75, 3.05) is 18.8 Å². The molecule has 0 aromatic heterocycles. The topological polar surface area (TPSA) is 75.4 Å². The number of primary amides is 1. The number of nitrogens with one attached hydrogen (secondary N) is 1. The third-order valence-electron chi connectivity index (χ3n) is 4.23. The third-order valence-corrected chi connectivity index (χ3v) is 5.47. The Balaban J connectivity index is 1.91. The van der Waals surface area contributed by atoms with Crippen molar-refractivity contribution in [3.63, 3.8) is 0 Å². The van der Waals surface area contributed by atoms with E-state index in [-0.39, 0.29) is 11.3 Å². The van der Waals surface area contributed by atoms with Gasteiger partial charge in [0.15, 0.2) is 0 Å². The molecule has 1 aromatic carbocycles. The predicted octanol–water partition coefficient (Wildman–Crippen LogP) is 2.71. The smallest absolute Gasteiger partial charge is 0.312 e. The number of carbonyl (C=O) groups is 2. The molecule has 3 amide bonds. The molecule has 2 atom stereocenters. The molecule has 0 unspecified atom stereocenters. The average Bonchev–Trinajstić information content (AvgIpc) is 2.99. The Morgan fingerprint density at radius 1 is 1.33 bits per heavy atom. The maximum Gasteiger partial charge on any atom is 0.312 e. The van der Waals surface area contributed by atoms with Crippen LogP contribution in [0.25, 0.3) is 0 Å². The van der Waals surface area contributed by atoms with Crippen LogP contribution in [0.15, 0.2) is 35.2 Å². The maximum absolute atomic E-state index is 12.8. The van der Waals surface area contributed by atoms with E-state index in [1.165, 1.54) is 4.90 Å². The summed E-state index contributed by atoms with van der Waals surface area (Å²) in [7, 11) is 0. The van der Waals surface area contributed by atoms with Crippen molar-refractivity contribution in [3.05, 3.63) is 30.3 Å². The normalized spacial score (nSPS) is 19.1. The van der Waals surface area contributed by atoms with Crippen LogP contribution in [0.5, 0.6) is 0 Å². The molecule has 6 heteroatoms. The van der Waals surface area contributed by atoms with Crippen LogP contribution in [-0.4, -0.2) is 41.7 Å². The minimum atomic E-state index is -0.654. The molecular formula is C18H27N3O2S. The first-order valence-corrected chi connectivity index (χ1v) is 9.28. The van der Waals surface area contributed by atoms with Gasteiger partial charge in [0.2, 0.25) is 5.91 Å². The number of rotatable bonds is 5. The molecule has 24 heavy (non-hydrogen) atoms. The molecular weight excluding hydrogens is 322 g/mol. The molecule has 1 aliphatic heterocycles. The predicted molar refractivity (Wildman–Crippen MR) is 97.8 cm³/mol. The number of likely N-dealkylation sites (tertiary alicyclic amines) is 1. The lowest BCUT2D eigenvalue weighted by Gasteiger charge is -2.33. The van der Waals surface area contributed by atoms with Gasteiger partial charge in [-0.2, -0.15) is 0 Å². The summed E-state index contributed by atoms with van der Waals surface area (Å²) in [4.78, 5) is 27.2. The van der Waals surface area contributed by atoms with Gasteiger partial charge in [0.1, 0.15) is 6.04 Å². The van der Waals surface area contributed by atoms with E-state index in [4.69, 9.17) is 5.73 Å². The van der Waals surface area contributed by atoms with Gasteiger partial charge in [-0.1, -0.05) is 39.0 Å². The highest BCUT2D eigenvalue weighted by molar-refractivity contribution is 7.99. The van der Waals surface area contributed by atoms with Crippen LogP contribution in [0.1, 0.15) is 27.2 Å². The summed E-state index contributed by atoms with van der Waals surface area (Å²) in [6.07, 6.45) is 0.999. The Morgan fingerprint density at radius 2 is 2.00 bits per heavy atom. The van der Waals surface area contributed by atoms with Crippen LogP contribution in [0, 0.1) is 11.3 Å². The van der Waals surface area contributed by atoms with Crippen molar-refractivity contribution >= 4 is 23.7 Å². The molecule has 1 aromatic rings. The van der Waals surface area contributed by atoms with Gasteiger partial charge in [-0.05, 0) is 29.9 Å². The van der Waals surface area contributed by atoms with Crippen LogP contribution in [0.2, 0.25) is 0 Å². The summed E-state index contributed by atoms with van der Waals surface area (Å²) in [6.45, 7) is 7.29. The first kappa shape index (κ1) is 18.6. The van der Waals surface area contributed by atoms with Gasteiger partial charge in [0.25, 0.3) is 0 Å². The zero-order valence-electron chi connectivity index (χ0n) is 14.6. The Morgan fingerprint density at radius 3 is 2.58 bits per heavy atom. The largest absolute Gasteiger partial charge is 0.352 e. The number of hydrogen-bond acceptors (Lipinski definition) is 3. The van der Waals surface area contributed by atoms with Gasteiger partial charge in [-0.15, -0.1) is 11.8 Å². The standard InChI is InChI=1S/C18H27N3O2S/c1-18(2,3)15(20-17(19)23)16(22)21-10-9-13(11-21)12-24-14-7-5-4-6-8-14/h4-8,13,15H,9-12H2,1-3H3,(H3,19,20,23)/t13-,15-/m0/s1. The van der Waals surface area contributed by atoms with Gasteiger partial charge < -0.3 is 16.0 Å². The quantitative estimate of drug-likeness (QED) is 0.803. The number of carbonyl (C=O) groups excluding carboxylic acids is 2. The molecule has 2 rings (SSSR count). The van der Waals surface area contributed by atoms with Crippen molar-refractivity contribution in [1.29, 1.82) is 0 Å². The Hall–Kier alpha value is -1.69. The van der Waals surface area contributed by atoms with Crippen molar-refractivity contribution in [1.82, 2.24) is 10.2 Å². The molecule has 0 spiro atoms. The molecule has 0 saturated carbocycles. The average molecular weight is 350 g/mol. The monoisotopic (exact) mass is 349 g/mol. The van der Waals surface area contributed by atoms with E-state index >= 15 is 0 Å². The van der Waals surface area contributed by atoms with Gasteiger partial charge in [-0.3, -0.25) is 4.79 Å². The maximum atomic E-state index is 12.8. The second kappa shape index (κ2) is 7.92. The highest BCUT2D eigenvalue weighted by Crippen LogP contribution is 2.28. The Kier molecular flexibility index (Phi) is 6.15. The SMILES string of the molecule is CC(C)(C)[C@@H](NC(N)=O)C(=O)N1CC[C@H](CSc2ccccc2)C1. The van der Waals surface area contributed by atoms with Crippen molar-refractivity contribution in [2.45, 2.75) is 38.1 Å². The molecule has 0 aliphatic carbocycles. The van der Waals surface area contributed by atoms with Crippen LogP contribution in [-0.2, 0) is 4.79 Å². The van der Waals surface area contributed by atoms with E-state index in [1.54, 1.807) is 0 Å². The van der Waals surface area contributed by atoms with Gasteiger partial charge >= 0.3 is 6.03 Å². The molecule has 5 nitrogen and oxygen atoms in total. The number of benzene rings is 1. The van der Waals surface area contributed by atoms with Crippen LogP contribution < -0.4 is 11.1 Å². The van der Waals surface area contributed by atoms with E-state index in [1.807, 2.05) is 55.6 Å². The number of thioether (sulfide) groups is 1. The van der Waals surface area contributed by atoms with Gasteiger partial charge in [-0.25, -0.2) is 4.79 Å². The van der Waals surface area contributed by atoms with Crippen molar-refractivity contribution in [2.24, 2.45) is 17.1 Å². The first-order chi connectivity index (χ1) is 11.3. The lowest BCUT2D eigenvalue weighted by Crippen LogP contribution is -2.55. The lowest BCUT2D eigenvalue weighted by atomic mass is 9.86. The fourth-order valence-electron chi connectivity index (χ4n) is 2.87. The lowest BCUT2D eigenvalue weighted by molar-refractivity contribution is -0.134. The zero-order valence-corrected chi connectivity index (χ0v) is 15.4. The number of urea groups is 1. The number of nitrogens with two attached hydrogens (primary N) is 1. The van der Waals surface area contributed by atoms with E-state index < -0.39 is 12.1 Å².